The van der Waals surface area contributed by atoms with Crippen LogP contribution in [0.25, 0.3) is 0 Å². The van der Waals surface area contributed by atoms with Crippen LogP contribution >= 0.6 is 0 Å². The Morgan fingerprint density at radius 3 is 2.76 bits per heavy atom. The summed E-state index contributed by atoms with van der Waals surface area (Å²) in [5.41, 5.74) is 1.41. The highest BCUT2D eigenvalue weighted by Crippen LogP contribution is 2.36. The third kappa shape index (κ3) is 2.93. The second-order valence-electron chi connectivity index (χ2n) is 6.27. The highest BCUT2D eigenvalue weighted by atomic mass is 19.1. The van der Waals surface area contributed by atoms with Crippen LogP contribution < -0.4 is 14.4 Å². The van der Waals surface area contributed by atoms with Crippen molar-refractivity contribution in [2.24, 2.45) is 0 Å². The lowest BCUT2D eigenvalue weighted by atomic mass is 10.1. The van der Waals surface area contributed by atoms with E-state index < -0.39 is 0 Å². The predicted molar refractivity (Wildman–Crippen MR) is 91.2 cm³/mol. The van der Waals surface area contributed by atoms with E-state index in [0.717, 1.165) is 5.69 Å². The monoisotopic (exact) mass is 342 g/mol. The minimum absolute atomic E-state index is 0.00135. The van der Waals surface area contributed by atoms with E-state index in [0.29, 0.717) is 36.7 Å². The van der Waals surface area contributed by atoms with Gasteiger partial charge in [0.15, 0.2) is 11.5 Å². The molecule has 0 aromatic heterocycles. The number of anilines is 1. The summed E-state index contributed by atoms with van der Waals surface area (Å²) in [4.78, 5) is 16.6. The van der Waals surface area contributed by atoms with Gasteiger partial charge in [-0.3, -0.25) is 9.69 Å². The topological polar surface area (TPSA) is 42.0 Å². The van der Waals surface area contributed by atoms with E-state index >= 15 is 0 Å². The maximum Gasteiger partial charge on any atom is 0.244 e. The molecule has 0 aliphatic carbocycles. The average molecular weight is 342 g/mol. The van der Waals surface area contributed by atoms with Crippen LogP contribution in [0.2, 0.25) is 0 Å². The summed E-state index contributed by atoms with van der Waals surface area (Å²) in [6, 6.07) is 11.9. The van der Waals surface area contributed by atoms with E-state index in [2.05, 4.69) is 0 Å². The summed E-state index contributed by atoms with van der Waals surface area (Å²) < 4.78 is 24.6. The minimum Gasteiger partial charge on any atom is -0.454 e. The minimum atomic E-state index is -0.321. The number of hydrogen-bond acceptors (Lipinski definition) is 4. The third-order valence-corrected chi connectivity index (χ3v) is 4.78. The molecule has 1 fully saturated rings. The van der Waals surface area contributed by atoms with Crippen LogP contribution in [0, 0.1) is 5.82 Å². The Hall–Kier alpha value is -2.60. The fourth-order valence-corrected chi connectivity index (χ4v) is 3.28. The van der Waals surface area contributed by atoms with Crippen molar-refractivity contribution >= 4 is 11.6 Å². The van der Waals surface area contributed by atoms with Crippen molar-refractivity contribution in [3.63, 3.8) is 0 Å². The molecule has 0 radical (unpaired) electrons. The second kappa shape index (κ2) is 6.37. The molecule has 1 atom stereocenters. The number of benzene rings is 2. The summed E-state index contributed by atoms with van der Waals surface area (Å²) in [6.07, 6.45) is 0. The van der Waals surface area contributed by atoms with Gasteiger partial charge in [0.25, 0.3) is 0 Å². The summed E-state index contributed by atoms with van der Waals surface area (Å²) in [5.74, 6) is 1.12. The number of fused-ring (bicyclic) bond motifs is 1. The van der Waals surface area contributed by atoms with Crippen LogP contribution in [0.1, 0.15) is 12.5 Å². The molecule has 2 heterocycles. The number of hydrogen-bond donors (Lipinski definition) is 0. The van der Waals surface area contributed by atoms with Crippen LogP contribution in [-0.2, 0) is 11.3 Å². The number of nitrogens with zero attached hydrogens (tertiary/aromatic N) is 2. The zero-order chi connectivity index (χ0) is 17.4. The van der Waals surface area contributed by atoms with Crippen molar-refractivity contribution in [1.82, 2.24) is 4.90 Å². The van der Waals surface area contributed by atoms with E-state index in [9.17, 15) is 9.18 Å². The third-order valence-electron chi connectivity index (χ3n) is 4.78. The lowest BCUT2D eigenvalue weighted by Gasteiger charge is -2.39. The molecule has 0 bridgehead atoms. The van der Waals surface area contributed by atoms with Gasteiger partial charge in [-0.2, -0.15) is 0 Å². The van der Waals surface area contributed by atoms with Crippen molar-refractivity contribution in [3.05, 3.63) is 53.8 Å². The maximum atomic E-state index is 13.9. The summed E-state index contributed by atoms with van der Waals surface area (Å²) in [6.45, 7) is 3.73. The fourth-order valence-electron chi connectivity index (χ4n) is 3.28. The van der Waals surface area contributed by atoms with Gasteiger partial charge in [-0.25, -0.2) is 4.39 Å². The lowest BCUT2D eigenvalue weighted by Crippen LogP contribution is -2.55. The first-order chi connectivity index (χ1) is 12.1. The molecule has 25 heavy (non-hydrogen) atoms. The molecule has 0 unspecified atom stereocenters. The average Bonchev–Trinajstić information content (AvgIpc) is 3.08. The number of carbonyl (C=O) groups excluding carboxylic acids is 1. The van der Waals surface area contributed by atoms with Gasteiger partial charge in [-0.15, -0.1) is 0 Å². The van der Waals surface area contributed by atoms with Crippen molar-refractivity contribution in [2.45, 2.75) is 19.5 Å². The van der Waals surface area contributed by atoms with E-state index in [1.54, 1.807) is 17.0 Å². The van der Waals surface area contributed by atoms with Gasteiger partial charge in [0.05, 0.1) is 6.04 Å². The highest BCUT2D eigenvalue weighted by Gasteiger charge is 2.33. The summed E-state index contributed by atoms with van der Waals surface area (Å²) >= 11 is 0. The smallest absolute Gasteiger partial charge is 0.244 e. The van der Waals surface area contributed by atoms with Crippen molar-refractivity contribution in [2.75, 3.05) is 24.8 Å². The molecule has 0 saturated carbocycles. The Morgan fingerprint density at radius 1 is 1.12 bits per heavy atom. The Balaban J connectivity index is 1.50. The molecule has 0 spiro atoms. The molecule has 5 nitrogen and oxygen atoms in total. The SMILES string of the molecule is C[C@H]1C(=O)N(c2ccc3c(c2)OCO3)CCN1Cc1ccccc1F. The zero-order valence-corrected chi connectivity index (χ0v) is 13.9. The normalized spacial score (nSPS) is 20.2. The van der Waals surface area contributed by atoms with Crippen LogP contribution in [0.4, 0.5) is 10.1 Å². The molecule has 2 aromatic carbocycles. The number of rotatable bonds is 3. The molecular formula is C19H19FN2O3. The van der Waals surface area contributed by atoms with Gasteiger partial charge in [0, 0.05) is 37.0 Å². The van der Waals surface area contributed by atoms with Gasteiger partial charge >= 0.3 is 0 Å². The van der Waals surface area contributed by atoms with Gasteiger partial charge in [-0.1, -0.05) is 18.2 Å². The Bertz CT molecular complexity index is 811. The van der Waals surface area contributed by atoms with Crippen molar-refractivity contribution < 1.29 is 18.7 Å². The number of amides is 1. The highest BCUT2D eigenvalue weighted by molar-refractivity contribution is 5.98. The molecular weight excluding hydrogens is 323 g/mol. The standard InChI is InChI=1S/C19H19FN2O3/c1-13-19(23)22(15-6-7-17-18(10-15)25-12-24-17)9-8-21(13)11-14-4-2-3-5-16(14)20/h2-7,10,13H,8-9,11-12H2,1H3/t13-/m0/s1. The first-order valence-corrected chi connectivity index (χ1v) is 8.32. The van der Waals surface area contributed by atoms with Gasteiger partial charge < -0.3 is 14.4 Å². The van der Waals surface area contributed by atoms with Crippen LogP contribution in [0.5, 0.6) is 11.5 Å². The van der Waals surface area contributed by atoms with Gasteiger partial charge in [0.2, 0.25) is 12.7 Å². The lowest BCUT2D eigenvalue weighted by molar-refractivity contribution is -0.125. The largest absolute Gasteiger partial charge is 0.454 e. The summed E-state index contributed by atoms with van der Waals surface area (Å²) in [7, 11) is 0. The molecule has 2 aliphatic heterocycles. The molecule has 2 aliphatic rings. The Kier molecular flexibility index (Phi) is 4.05. The quantitative estimate of drug-likeness (QED) is 0.860. The Morgan fingerprint density at radius 2 is 1.92 bits per heavy atom. The van der Waals surface area contributed by atoms with E-state index in [1.165, 1.54) is 6.07 Å². The number of halogens is 1. The van der Waals surface area contributed by atoms with Gasteiger partial charge in [-0.05, 0) is 25.1 Å². The van der Waals surface area contributed by atoms with Gasteiger partial charge in [0.1, 0.15) is 5.82 Å². The summed E-state index contributed by atoms with van der Waals surface area (Å²) in [5, 5.41) is 0. The van der Waals surface area contributed by atoms with Crippen LogP contribution in [-0.4, -0.2) is 36.7 Å². The van der Waals surface area contributed by atoms with E-state index in [4.69, 9.17) is 9.47 Å². The number of ether oxygens (including phenoxy) is 2. The molecule has 130 valence electrons. The predicted octanol–water partition coefficient (Wildman–Crippen LogP) is 2.79. The first-order valence-electron chi connectivity index (χ1n) is 8.32. The second-order valence-corrected chi connectivity index (χ2v) is 6.27. The van der Waals surface area contributed by atoms with Crippen LogP contribution in [0.3, 0.4) is 0 Å². The maximum absolute atomic E-state index is 13.9. The number of carbonyl (C=O) groups is 1. The van der Waals surface area contributed by atoms with Crippen molar-refractivity contribution in [3.8, 4) is 11.5 Å². The van der Waals surface area contributed by atoms with Crippen LogP contribution in [0.15, 0.2) is 42.5 Å². The molecule has 1 amide bonds. The fraction of sp³-hybridized carbons (Fsp3) is 0.316. The zero-order valence-electron chi connectivity index (χ0n) is 13.9. The number of piperazine rings is 1. The molecule has 0 N–H and O–H groups in total. The molecule has 2 aromatic rings. The molecule has 4 rings (SSSR count). The molecule has 1 saturated heterocycles. The first kappa shape index (κ1) is 15.9. The molecule has 6 heteroatoms. The Labute approximate surface area is 145 Å². The van der Waals surface area contributed by atoms with E-state index in [-0.39, 0.29) is 24.6 Å². The van der Waals surface area contributed by atoms with E-state index in [1.807, 2.05) is 36.1 Å². The van der Waals surface area contributed by atoms with Crippen molar-refractivity contribution in [1.29, 1.82) is 0 Å².